The van der Waals surface area contributed by atoms with Crippen LogP contribution in [0.4, 0.5) is 15.8 Å². The SMILES string of the molecule is COc1ccc(N2CCC(C(=O)Nc3ccc(F)cc3)C2=O)cc1OC. The van der Waals surface area contributed by atoms with E-state index in [2.05, 4.69) is 5.32 Å². The lowest BCUT2D eigenvalue weighted by atomic mass is 10.1. The topological polar surface area (TPSA) is 67.9 Å². The molecule has 1 heterocycles. The van der Waals surface area contributed by atoms with Gasteiger partial charge in [-0.2, -0.15) is 0 Å². The van der Waals surface area contributed by atoms with E-state index in [4.69, 9.17) is 9.47 Å². The molecule has 6 nitrogen and oxygen atoms in total. The van der Waals surface area contributed by atoms with E-state index >= 15 is 0 Å². The van der Waals surface area contributed by atoms with Crippen LogP contribution < -0.4 is 19.7 Å². The van der Waals surface area contributed by atoms with Crippen LogP contribution in [0.1, 0.15) is 6.42 Å². The van der Waals surface area contributed by atoms with Gasteiger partial charge in [0.15, 0.2) is 11.5 Å². The van der Waals surface area contributed by atoms with Crippen LogP contribution in [0.25, 0.3) is 0 Å². The highest BCUT2D eigenvalue weighted by molar-refractivity contribution is 6.13. The lowest BCUT2D eigenvalue weighted by Gasteiger charge is -2.18. The number of ether oxygens (including phenoxy) is 2. The van der Waals surface area contributed by atoms with Crippen molar-refractivity contribution >= 4 is 23.2 Å². The van der Waals surface area contributed by atoms with E-state index in [1.54, 1.807) is 23.1 Å². The maximum atomic E-state index is 12.9. The molecule has 3 rings (SSSR count). The van der Waals surface area contributed by atoms with Crippen LogP contribution in [0.3, 0.4) is 0 Å². The average molecular weight is 358 g/mol. The number of hydrogen-bond acceptors (Lipinski definition) is 4. The van der Waals surface area contributed by atoms with Gasteiger partial charge in [-0.15, -0.1) is 0 Å². The second-order valence-electron chi connectivity index (χ2n) is 5.87. The molecule has 1 saturated heterocycles. The molecule has 1 N–H and O–H groups in total. The maximum absolute atomic E-state index is 12.9. The highest BCUT2D eigenvalue weighted by Gasteiger charge is 2.37. The molecule has 2 amide bonds. The first-order valence-corrected chi connectivity index (χ1v) is 8.13. The van der Waals surface area contributed by atoms with Gasteiger partial charge in [-0.05, 0) is 42.8 Å². The minimum absolute atomic E-state index is 0.281. The summed E-state index contributed by atoms with van der Waals surface area (Å²) in [7, 11) is 3.06. The molecule has 7 heteroatoms. The zero-order chi connectivity index (χ0) is 18.7. The predicted molar refractivity (Wildman–Crippen MR) is 95.0 cm³/mol. The van der Waals surface area contributed by atoms with Crippen molar-refractivity contribution < 1.29 is 23.5 Å². The third-order valence-electron chi connectivity index (χ3n) is 4.31. The summed E-state index contributed by atoms with van der Waals surface area (Å²) in [4.78, 5) is 26.6. The van der Waals surface area contributed by atoms with Gasteiger partial charge in [0, 0.05) is 24.0 Å². The second kappa shape index (κ2) is 7.43. The molecule has 0 spiro atoms. The largest absolute Gasteiger partial charge is 0.493 e. The van der Waals surface area contributed by atoms with E-state index in [1.807, 2.05) is 0 Å². The van der Waals surface area contributed by atoms with Crippen LogP contribution in [0.2, 0.25) is 0 Å². The molecular formula is C19H19FN2O4. The standard InChI is InChI=1S/C19H19FN2O4/c1-25-16-8-7-14(11-17(16)26-2)22-10-9-15(19(22)24)18(23)21-13-5-3-12(20)4-6-13/h3-8,11,15H,9-10H2,1-2H3,(H,21,23). The molecule has 0 aromatic heterocycles. The van der Waals surface area contributed by atoms with Crippen LogP contribution in [-0.4, -0.2) is 32.6 Å². The number of methoxy groups -OCH3 is 2. The molecule has 0 radical (unpaired) electrons. The van der Waals surface area contributed by atoms with Crippen molar-refractivity contribution in [2.24, 2.45) is 5.92 Å². The van der Waals surface area contributed by atoms with Gasteiger partial charge in [0.25, 0.3) is 0 Å². The smallest absolute Gasteiger partial charge is 0.239 e. The maximum Gasteiger partial charge on any atom is 0.239 e. The van der Waals surface area contributed by atoms with E-state index in [1.165, 1.54) is 38.5 Å². The van der Waals surface area contributed by atoms with Crippen LogP contribution in [-0.2, 0) is 9.59 Å². The molecular weight excluding hydrogens is 339 g/mol. The van der Waals surface area contributed by atoms with Gasteiger partial charge in [0.05, 0.1) is 14.2 Å². The van der Waals surface area contributed by atoms with Crippen LogP contribution in [0, 0.1) is 11.7 Å². The van der Waals surface area contributed by atoms with Crippen molar-refractivity contribution in [2.75, 3.05) is 31.0 Å². The Hall–Kier alpha value is -3.09. The van der Waals surface area contributed by atoms with E-state index < -0.39 is 11.8 Å². The number of benzene rings is 2. The lowest BCUT2D eigenvalue weighted by molar-refractivity contribution is -0.129. The van der Waals surface area contributed by atoms with E-state index in [9.17, 15) is 14.0 Å². The molecule has 0 saturated carbocycles. The van der Waals surface area contributed by atoms with Gasteiger partial charge in [-0.1, -0.05) is 0 Å². The number of carbonyl (C=O) groups is 2. The predicted octanol–water partition coefficient (Wildman–Crippen LogP) is 2.83. The Labute approximate surface area is 150 Å². The van der Waals surface area contributed by atoms with Gasteiger partial charge in [-0.3, -0.25) is 9.59 Å². The normalized spacial score (nSPS) is 16.5. The van der Waals surface area contributed by atoms with Crippen LogP contribution >= 0.6 is 0 Å². The van der Waals surface area contributed by atoms with Gasteiger partial charge in [0.2, 0.25) is 11.8 Å². The average Bonchev–Trinajstić information content (AvgIpc) is 3.04. The molecule has 1 atom stereocenters. The monoisotopic (exact) mass is 358 g/mol. The van der Waals surface area contributed by atoms with Gasteiger partial charge in [0.1, 0.15) is 11.7 Å². The molecule has 1 aliphatic rings. The Morgan fingerprint density at radius 2 is 1.81 bits per heavy atom. The molecule has 1 aliphatic heterocycles. The zero-order valence-electron chi connectivity index (χ0n) is 14.5. The Morgan fingerprint density at radius 3 is 2.46 bits per heavy atom. The molecule has 1 unspecified atom stereocenters. The third-order valence-corrected chi connectivity index (χ3v) is 4.31. The highest BCUT2D eigenvalue weighted by Crippen LogP contribution is 2.34. The Kier molecular flexibility index (Phi) is 5.06. The Morgan fingerprint density at radius 1 is 1.12 bits per heavy atom. The van der Waals surface area contributed by atoms with Crippen molar-refractivity contribution in [1.29, 1.82) is 0 Å². The lowest BCUT2D eigenvalue weighted by Crippen LogP contribution is -2.33. The number of amides is 2. The highest BCUT2D eigenvalue weighted by atomic mass is 19.1. The quantitative estimate of drug-likeness (QED) is 0.835. The summed E-state index contributed by atoms with van der Waals surface area (Å²) in [6.45, 7) is 0.426. The zero-order valence-corrected chi connectivity index (χ0v) is 14.5. The number of rotatable bonds is 5. The van der Waals surface area contributed by atoms with Crippen LogP contribution in [0.15, 0.2) is 42.5 Å². The summed E-state index contributed by atoms with van der Waals surface area (Å²) in [5, 5.41) is 2.66. The number of nitrogens with one attached hydrogen (secondary N) is 1. The fourth-order valence-corrected chi connectivity index (χ4v) is 2.93. The first-order chi connectivity index (χ1) is 12.5. The Bertz CT molecular complexity index is 823. The third kappa shape index (κ3) is 3.46. The first-order valence-electron chi connectivity index (χ1n) is 8.13. The van der Waals surface area contributed by atoms with Crippen molar-refractivity contribution in [1.82, 2.24) is 0 Å². The van der Waals surface area contributed by atoms with Gasteiger partial charge >= 0.3 is 0 Å². The number of carbonyl (C=O) groups excluding carboxylic acids is 2. The first kappa shape index (κ1) is 17.7. The second-order valence-corrected chi connectivity index (χ2v) is 5.87. The summed E-state index contributed by atoms with van der Waals surface area (Å²) >= 11 is 0. The number of anilines is 2. The summed E-state index contributed by atoms with van der Waals surface area (Å²) in [5.74, 6) is -0.778. The molecule has 1 fully saturated rings. The number of nitrogens with zero attached hydrogens (tertiary/aromatic N) is 1. The number of halogens is 1. The Balaban J connectivity index is 1.73. The number of hydrogen-bond donors (Lipinski definition) is 1. The molecule has 136 valence electrons. The van der Waals surface area contributed by atoms with E-state index in [0.29, 0.717) is 35.8 Å². The molecule has 2 aromatic rings. The van der Waals surface area contributed by atoms with Gasteiger partial charge in [-0.25, -0.2) is 4.39 Å². The van der Waals surface area contributed by atoms with Crippen molar-refractivity contribution in [2.45, 2.75) is 6.42 Å². The van der Waals surface area contributed by atoms with Crippen molar-refractivity contribution in [3.63, 3.8) is 0 Å². The minimum atomic E-state index is -0.784. The molecule has 0 aliphatic carbocycles. The summed E-state index contributed by atoms with van der Waals surface area (Å²) in [6, 6.07) is 10.6. The van der Waals surface area contributed by atoms with Crippen LogP contribution in [0.5, 0.6) is 11.5 Å². The van der Waals surface area contributed by atoms with E-state index in [0.717, 1.165) is 0 Å². The fraction of sp³-hybridized carbons (Fsp3) is 0.263. The molecule has 2 aromatic carbocycles. The van der Waals surface area contributed by atoms with Crippen molar-refractivity contribution in [3.05, 3.63) is 48.3 Å². The summed E-state index contributed by atoms with van der Waals surface area (Å²) < 4.78 is 23.4. The minimum Gasteiger partial charge on any atom is -0.493 e. The molecule has 0 bridgehead atoms. The van der Waals surface area contributed by atoms with Gasteiger partial charge < -0.3 is 19.7 Å². The summed E-state index contributed by atoms with van der Waals surface area (Å²) in [5.41, 5.74) is 1.10. The van der Waals surface area contributed by atoms with E-state index in [-0.39, 0.29) is 11.7 Å². The fourth-order valence-electron chi connectivity index (χ4n) is 2.93. The molecule has 26 heavy (non-hydrogen) atoms. The van der Waals surface area contributed by atoms with Crippen molar-refractivity contribution in [3.8, 4) is 11.5 Å². The summed E-state index contributed by atoms with van der Waals surface area (Å²) in [6.07, 6.45) is 0.403.